The molecule has 0 aliphatic rings. The molecule has 0 unspecified atom stereocenters. The molecule has 2 heterocycles. The van der Waals surface area contributed by atoms with E-state index in [2.05, 4.69) is 16.0 Å². The second-order valence-corrected chi connectivity index (χ2v) is 7.80. The van der Waals surface area contributed by atoms with Gasteiger partial charge in [0.1, 0.15) is 0 Å². The van der Waals surface area contributed by atoms with Crippen molar-refractivity contribution < 1.29 is 14.3 Å². The zero-order chi connectivity index (χ0) is 21.1. The second kappa shape index (κ2) is 8.42. The van der Waals surface area contributed by atoms with Gasteiger partial charge in [-0.1, -0.05) is 23.5 Å². The molecule has 2 aromatic heterocycles. The first kappa shape index (κ1) is 19.7. The molecular weight excluding hydrogens is 398 g/mol. The molecular formula is C23H19N3O3S. The lowest BCUT2D eigenvalue weighted by atomic mass is 10.1. The number of hydrogen-bond acceptors (Lipinski definition) is 6. The number of fused-ring (bicyclic) bond motifs is 1. The van der Waals surface area contributed by atoms with E-state index in [1.54, 1.807) is 41.6 Å². The van der Waals surface area contributed by atoms with Crippen LogP contribution in [0, 0.1) is 6.92 Å². The van der Waals surface area contributed by atoms with E-state index in [4.69, 9.17) is 4.74 Å². The van der Waals surface area contributed by atoms with Crippen LogP contribution < -0.4 is 4.90 Å². The van der Waals surface area contributed by atoms with Gasteiger partial charge < -0.3 is 4.74 Å². The number of nitrogens with zero attached hydrogens (tertiary/aromatic N) is 3. The number of benzene rings is 2. The fraction of sp³-hybridized carbons (Fsp3) is 0.130. The number of thiazole rings is 1. The molecule has 0 atom stereocenters. The first-order chi connectivity index (χ1) is 14.5. The molecule has 150 valence electrons. The van der Waals surface area contributed by atoms with Crippen molar-refractivity contribution in [1.82, 2.24) is 9.97 Å². The van der Waals surface area contributed by atoms with Crippen molar-refractivity contribution in [3.63, 3.8) is 0 Å². The van der Waals surface area contributed by atoms with Crippen LogP contribution in [0.1, 0.15) is 31.8 Å². The number of rotatable bonds is 5. The minimum Gasteiger partial charge on any atom is -0.465 e. The molecule has 2 aromatic carbocycles. The topological polar surface area (TPSA) is 72.4 Å². The fourth-order valence-corrected chi connectivity index (χ4v) is 4.12. The van der Waals surface area contributed by atoms with Gasteiger partial charge in [0.15, 0.2) is 5.13 Å². The van der Waals surface area contributed by atoms with Crippen molar-refractivity contribution in [1.29, 1.82) is 0 Å². The van der Waals surface area contributed by atoms with Crippen molar-refractivity contribution in [2.75, 3.05) is 12.0 Å². The number of methoxy groups -OCH3 is 1. The van der Waals surface area contributed by atoms with E-state index in [0.717, 1.165) is 21.3 Å². The summed E-state index contributed by atoms with van der Waals surface area (Å²) in [5.41, 5.74) is 3.74. The Hall–Kier alpha value is -3.58. The van der Waals surface area contributed by atoms with Crippen molar-refractivity contribution in [2.24, 2.45) is 0 Å². The van der Waals surface area contributed by atoms with Crippen LogP contribution >= 0.6 is 11.3 Å². The van der Waals surface area contributed by atoms with Crippen molar-refractivity contribution in [3.05, 3.63) is 89.2 Å². The van der Waals surface area contributed by atoms with Gasteiger partial charge in [-0.15, -0.1) is 0 Å². The van der Waals surface area contributed by atoms with Crippen LogP contribution in [0.15, 0.2) is 67.0 Å². The van der Waals surface area contributed by atoms with Gasteiger partial charge in [-0.05, 0) is 60.5 Å². The number of esters is 1. The van der Waals surface area contributed by atoms with Gasteiger partial charge in [-0.2, -0.15) is 0 Å². The molecule has 7 heteroatoms. The number of ether oxygens (including phenoxy) is 1. The summed E-state index contributed by atoms with van der Waals surface area (Å²) < 4.78 is 5.75. The Bertz CT molecular complexity index is 1200. The molecule has 30 heavy (non-hydrogen) atoms. The molecule has 0 spiro atoms. The van der Waals surface area contributed by atoms with Crippen LogP contribution in [0.2, 0.25) is 0 Å². The predicted molar refractivity (Wildman–Crippen MR) is 117 cm³/mol. The Balaban J connectivity index is 1.72. The fourth-order valence-electron chi connectivity index (χ4n) is 3.06. The molecule has 0 N–H and O–H groups in total. The Morgan fingerprint density at radius 3 is 2.53 bits per heavy atom. The average Bonchev–Trinajstić information content (AvgIpc) is 3.20. The van der Waals surface area contributed by atoms with Crippen LogP contribution in [0.5, 0.6) is 0 Å². The molecule has 0 aliphatic heterocycles. The third kappa shape index (κ3) is 4.06. The Morgan fingerprint density at radius 2 is 1.83 bits per heavy atom. The summed E-state index contributed by atoms with van der Waals surface area (Å²) in [6.07, 6.45) is 3.43. The molecule has 0 radical (unpaired) electrons. The van der Waals surface area contributed by atoms with E-state index >= 15 is 0 Å². The minimum absolute atomic E-state index is 0.203. The zero-order valence-corrected chi connectivity index (χ0v) is 17.3. The van der Waals surface area contributed by atoms with Crippen LogP contribution in [0.3, 0.4) is 0 Å². The normalized spacial score (nSPS) is 10.7. The summed E-state index contributed by atoms with van der Waals surface area (Å²) in [6.45, 7) is 2.37. The maximum Gasteiger partial charge on any atom is 0.337 e. The number of hydrogen-bond donors (Lipinski definition) is 0. The van der Waals surface area contributed by atoms with Gasteiger partial charge >= 0.3 is 5.97 Å². The molecule has 4 rings (SSSR count). The van der Waals surface area contributed by atoms with E-state index in [1.807, 2.05) is 31.2 Å². The molecule has 0 aliphatic carbocycles. The van der Waals surface area contributed by atoms with Crippen molar-refractivity contribution >= 4 is 38.6 Å². The summed E-state index contributed by atoms with van der Waals surface area (Å²) in [7, 11) is 1.33. The quantitative estimate of drug-likeness (QED) is 0.443. The monoisotopic (exact) mass is 417 g/mol. The highest BCUT2D eigenvalue weighted by Gasteiger charge is 2.22. The average molecular weight is 417 g/mol. The van der Waals surface area contributed by atoms with Crippen LogP contribution in [0.4, 0.5) is 5.13 Å². The van der Waals surface area contributed by atoms with Gasteiger partial charge in [0, 0.05) is 18.0 Å². The van der Waals surface area contributed by atoms with Gasteiger partial charge in [0.05, 0.1) is 29.4 Å². The molecule has 0 bridgehead atoms. The maximum absolute atomic E-state index is 13.4. The number of amides is 1. The number of anilines is 1. The predicted octanol–water partition coefficient (Wildman–Crippen LogP) is 4.63. The van der Waals surface area contributed by atoms with Crippen LogP contribution in [-0.2, 0) is 11.3 Å². The summed E-state index contributed by atoms with van der Waals surface area (Å²) in [4.78, 5) is 35.6. The van der Waals surface area contributed by atoms with Crippen molar-refractivity contribution in [2.45, 2.75) is 13.5 Å². The molecule has 0 saturated carbocycles. The van der Waals surface area contributed by atoms with Gasteiger partial charge in [-0.25, -0.2) is 9.78 Å². The third-order valence-electron chi connectivity index (χ3n) is 4.63. The second-order valence-electron chi connectivity index (χ2n) is 6.79. The number of carbonyl (C=O) groups is 2. The maximum atomic E-state index is 13.4. The van der Waals surface area contributed by atoms with E-state index in [9.17, 15) is 9.59 Å². The Labute approximate surface area is 177 Å². The molecule has 6 nitrogen and oxygen atoms in total. The highest BCUT2D eigenvalue weighted by atomic mass is 32.1. The summed E-state index contributed by atoms with van der Waals surface area (Å²) >= 11 is 1.47. The first-order valence-corrected chi connectivity index (χ1v) is 10.1. The minimum atomic E-state index is -0.442. The highest BCUT2D eigenvalue weighted by molar-refractivity contribution is 7.22. The number of carbonyl (C=O) groups excluding carboxylic acids is 2. The SMILES string of the molecule is COC(=O)c1ccc(C(=O)N(Cc2cccnc2)c2nc3ccc(C)cc3s2)cc1. The van der Waals surface area contributed by atoms with E-state index in [-0.39, 0.29) is 5.91 Å². The lowest BCUT2D eigenvalue weighted by molar-refractivity contribution is 0.0600. The molecule has 1 amide bonds. The van der Waals surface area contributed by atoms with Gasteiger partial charge in [0.25, 0.3) is 5.91 Å². The molecule has 0 fully saturated rings. The summed E-state index contributed by atoms with van der Waals surface area (Å²) in [5, 5.41) is 0.612. The highest BCUT2D eigenvalue weighted by Crippen LogP contribution is 2.31. The first-order valence-electron chi connectivity index (χ1n) is 9.31. The van der Waals surface area contributed by atoms with Crippen molar-refractivity contribution in [3.8, 4) is 0 Å². The summed E-state index contributed by atoms with van der Waals surface area (Å²) in [5.74, 6) is -0.645. The Morgan fingerprint density at radius 1 is 1.07 bits per heavy atom. The standard InChI is InChI=1S/C23H19N3O3S/c1-15-5-10-19-20(12-15)30-23(25-19)26(14-16-4-3-11-24-13-16)21(27)17-6-8-18(9-7-17)22(28)29-2/h3-13H,14H2,1-2H3. The number of aryl methyl sites for hydroxylation is 1. The van der Waals surface area contributed by atoms with Crippen LogP contribution in [0.25, 0.3) is 10.2 Å². The summed E-state index contributed by atoms with van der Waals surface area (Å²) in [6, 6.07) is 16.2. The number of pyridine rings is 1. The van der Waals surface area contributed by atoms with E-state index in [0.29, 0.717) is 22.8 Å². The molecule has 0 saturated heterocycles. The van der Waals surface area contributed by atoms with Gasteiger partial charge in [0.2, 0.25) is 0 Å². The molecule has 4 aromatic rings. The Kier molecular flexibility index (Phi) is 5.54. The van der Waals surface area contributed by atoms with E-state index < -0.39 is 5.97 Å². The lowest BCUT2D eigenvalue weighted by Crippen LogP contribution is -2.30. The largest absolute Gasteiger partial charge is 0.465 e. The number of aromatic nitrogens is 2. The zero-order valence-electron chi connectivity index (χ0n) is 16.5. The van der Waals surface area contributed by atoms with Gasteiger partial charge in [-0.3, -0.25) is 14.7 Å². The third-order valence-corrected chi connectivity index (χ3v) is 5.67. The lowest BCUT2D eigenvalue weighted by Gasteiger charge is -2.20. The van der Waals surface area contributed by atoms with Crippen LogP contribution in [-0.4, -0.2) is 29.0 Å². The smallest absolute Gasteiger partial charge is 0.337 e. The van der Waals surface area contributed by atoms with E-state index in [1.165, 1.54) is 18.4 Å².